The average molecular weight is 335 g/mol. The van der Waals surface area contributed by atoms with E-state index in [4.69, 9.17) is 10.00 Å². The quantitative estimate of drug-likeness (QED) is 0.935. The highest BCUT2D eigenvalue weighted by molar-refractivity contribution is 6.05. The van der Waals surface area contributed by atoms with Gasteiger partial charge in [-0.05, 0) is 43.3 Å². The van der Waals surface area contributed by atoms with Crippen LogP contribution in [-0.2, 0) is 9.59 Å². The zero-order chi connectivity index (χ0) is 17.8. The maximum Gasteiger partial charge on any atom is 0.267 e. The van der Waals surface area contributed by atoms with Crippen molar-refractivity contribution < 1.29 is 14.3 Å². The van der Waals surface area contributed by atoms with Gasteiger partial charge in [0.15, 0.2) is 6.10 Å². The van der Waals surface area contributed by atoms with E-state index in [0.717, 1.165) is 0 Å². The van der Waals surface area contributed by atoms with E-state index < -0.39 is 6.10 Å². The lowest BCUT2D eigenvalue weighted by Crippen LogP contribution is -2.41. The monoisotopic (exact) mass is 335 g/mol. The van der Waals surface area contributed by atoms with Gasteiger partial charge in [-0.25, -0.2) is 0 Å². The molecular formula is C19H17N3O3. The van der Waals surface area contributed by atoms with Gasteiger partial charge in [-0.1, -0.05) is 12.1 Å². The van der Waals surface area contributed by atoms with Crippen LogP contribution in [-0.4, -0.2) is 24.5 Å². The molecule has 1 aliphatic heterocycles. The Hall–Kier alpha value is -3.33. The number of nitrogens with one attached hydrogen (secondary N) is 1. The molecule has 2 aromatic rings. The molecule has 3 rings (SSSR count). The summed E-state index contributed by atoms with van der Waals surface area (Å²) < 4.78 is 5.71. The molecule has 126 valence electrons. The van der Waals surface area contributed by atoms with Crippen molar-refractivity contribution in [1.82, 2.24) is 0 Å². The molecule has 0 bridgehead atoms. The number of amides is 2. The zero-order valence-corrected chi connectivity index (χ0v) is 13.7. The van der Waals surface area contributed by atoms with Crippen LogP contribution in [0.3, 0.4) is 0 Å². The first-order valence-electron chi connectivity index (χ1n) is 7.95. The van der Waals surface area contributed by atoms with E-state index in [1.54, 1.807) is 48.2 Å². The SMILES string of the molecule is C[C@@H](Oc1ccc(C#N)cc1)C(=O)N1CCC(=O)Nc2ccccc21. The van der Waals surface area contributed by atoms with Gasteiger partial charge < -0.3 is 15.0 Å². The van der Waals surface area contributed by atoms with Gasteiger partial charge in [0.2, 0.25) is 5.91 Å². The molecule has 6 heteroatoms. The Balaban J connectivity index is 1.79. The first-order chi connectivity index (χ1) is 12.1. The van der Waals surface area contributed by atoms with Crippen molar-refractivity contribution in [1.29, 1.82) is 5.26 Å². The molecule has 1 atom stereocenters. The molecule has 0 unspecified atom stereocenters. The molecule has 25 heavy (non-hydrogen) atoms. The number of carbonyl (C=O) groups excluding carboxylic acids is 2. The van der Waals surface area contributed by atoms with Gasteiger partial charge >= 0.3 is 0 Å². The van der Waals surface area contributed by atoms with E-state index in [0.29, 0.717) is 29.2 Å². The van der Waals surface area contributed by atoms with E-state index >= 15 is 0 Å². The van der Waals surface area contributed by atoms with Gasteiger partial charge in [-0.2, -0.15) is 5.26 Å². The summed E-state index contributed by atoms with van der Waals surface area (Å²) in [6.45, 7) is 1.96. The van der Waals surface area contributed by atoms with Crippen LogP contribution in [0.2, 0.25) is 0 Å². The van der Waals surface area contributed by atoms with Crippen LogP contribution in [0.1, 0.15) is 18.9 Å². The summed E-state index contributed by atoms with van der Waals surface area (Å²) in [5.41, 5.74) is 1.80. The number of hydrogen-bond acceptors (Lipinski definition) is 4. The van der Waals surface area contributed by atoms with Gasteiger partial charge in [-0.3, -0.25) is 9.59 Å². The van der Waals surface area contributed by atoms with Crippen molar-refractivity contribution in [3.63, 3.8) is 0 Å². The molecule has 2 amide bonds. The first kappa shape index (κ1) is 16.5. The van der Waals surface area contributed by atoms with Crippen LogP contribution in [0.25, 0.3) is 0 Å². The standard InChI is InChI=1S/C19H17N3O3/c1-13(25-15-8-6-14(12-20)7-9-15)19(24)22-11-10-18(23)21-16-4-2-3-5-17(16)22/h2-9,13H,10-11H2,1H3,(H,21,23)/t13-/m1/s1. The maximum atomic E-state index is 12.9. The van der Waals surface area contributed by atoms with E-state index in [-0.39, 0.29) is 18.2 Å². The molecule has 0 radical (unpaired) electrons. The maximum absolute atomic E-state index is 12.9. The Kier molecular flexibility index (Phi) is 4.66. The largest absolute Gasteiger partial charge is 0.481 e. The summed E-state index contributed by atoms with van der Waals surface area (Å²) >= 11 is 0. The summed E-state index contributed by atoms with van der Waals surface area (Å²) in [6, 6.07) is 15.8. The van der Waals surface area contributed by atoms with E-state index in [1.807, 2.05) is 18.2 Å². The summed E-state index contributed by atoms with van der Waals surface area (Å²) in [6.07, 6.45) is -0.501. The summed E-state index contributed by atoms with van der Waals surface area (Å²) in [5, 5.41) is 11.6. The Labute approximate surface area is 145 Å². The summed E-state index contributed by atoms with van der Waals surface area (Å²) in [7, 11) is 0. The highest BCUT2D eigenvalue weighted by Gasteiger charge is 2.28. The minimum absolute atomic E-state index is 0.122. The number of benzene rings is 2. The highest BCUT2D eigenvalue weighted by atomic mass is 16.5. The minimum atomic E-state index is -0.728. The van der Waals surface area contributed by atoms with Gasteiger partial charge in [0.25, 0.3) is 5.91 Å². The molecule has 0 aliphatic carbocycles. The van der Waals surface area contributed by atoms with Crippen LogP contribution in [0.5, 0.6) is 5.75 Å². The van der Waals surface area contributed by atoms with Crippen LogP contribution in [0, 0.1) is 11.3 Å². The predicted molar refractivity (Wildman–Crippen MR) is 93.3 cm³/mol. The van der Waals surface area contributed by atoms with Crippen molar-refractivity contribution in [2.75, 3.05) is 16.8 Å². The molecular weight excluding hydrogens is 318 g/mol. The summed E-state index contributed by atoms with van der Waals surface area (Å²) in [5.74, 6) is 0.161. The minimum Gasteiger partial charge on any atom is -0.481 e. The Morgan fingerprint density at radius 3 is 2.68 bits per heavy atom. The zero-order valence-electron chi connectivity index (χ0n) is 13.7. The molecule has 6 nitrogen and oxygen atoms in total. The second-order valence-electron chi connectivity index (χ2n) is 5.70. The van der Waals surface area contributed by atoms with Crippen LogP contribution < -0.4 is 15.0 Å². The lowest BCUT2D eigenvalue weighted by atomic mass is 10.2. The fourth-order valence-corrected chi connectivity index (χ4v) is 2.67. The number of nitriles is 1. The Bertz CT molecular complexity index is 840. The van der Waals surface area contributed by atoms with Crippen molar-refractivity contribution in [3.8, 4) is 11.8 Å². The van der Waals surface area contributed by atoms with Gasteiger partial charge in [-0.15, -0.1) is 0 Å². The number of fused-ring (bicyclic) bond motifs is 1. The number of para-hydroxylation sites is 2. The molecule has 0 saturated heterocycles. The lowest BCUT2D eigenvalue weighted by molar-refractivity contribution is -0.124. The fraction of sp³-hybridized carbons (Fsp3) is 0.211. The smallest absolute Gasteiger partial charge is 0.267 e. The molecule has 0 aromatic heterocycles. The highest BCUT2D eigenvalue weighted by Crippen LogP contribution is 2.29. The summed E-state index contributed by atoms with van der Waals surface area (Å²) in [4.78, 5) is 26.3. The molecule has 0 fully saturated rings. The molecule has 0 saturated carbocycles. The van der Waals surface area contributed by atoms with E-state index in [1.165, 1.54) is 0 Å². The van der Waals surface area contributed by atoms with Gasteiger partial charge in [0.05, 0.1) is 23.0 Å². The molecule has 1 N–H and O–H groups in total. The van der Waals surface area contributed by atoms with Crippen LogP contribution >= 0.6 is 0 Å². The number of hydrogen-bond donors (Lipinski definition) is 1. The normalized spacial score (nSPS) is 14.6. The molecule has 2 aromatic carbocycles. The van der Waals surface area contributed by atoms with Crippen molar-refractivity contribution in [3.05, 3.63) is 54.1 Å². The Morgan fingerprint density at radius 1 is 1.24 bits per heavy atom. The third-order valence-electron chi connectivity index (χ3n) is 3.94. The third kappa shape index (κ3) is 3.61. The number of nitrogens with zero attached hydrogens (tertiary/aromatic N) is 2. The van der Waals surface area contributed by atoms with E-state index in [2.05, 4.69) is 5.32 Å². The number of rotatable bonds is 3. The lowest BCUT2D eigenvalue weighted by Gasteiger charge is -2.25. The number of ether oxygens (including phenoxy) is 1. The second kappa shape index (κ2) is 7.05. The van der Waals surface area contributed by atoms with Crippen LogP contribution in [0.15, 0.2) is 48.5 Å². The fourth-order valence-electron chi connectivity index (χ4n) is 2.67. The van der Waals surface area contributed by atoms with Crippen molar-refractivity contribution >= 4 is 23.2 Å². The number of anilines is 2. The predicted octanol–water partition coefficient (Wildman–Crippen LogP) is 2.70. The van der Waals surface area contributed by atoms with Gasteiger partial charge in [0, 0.05) is 13.0 Å². The topological polar surface area (TPSA) is 82.4 Å². The average Bonchev–Trinajstić information content (AvgIpc) is 2.80. The number of carbonyl (C=O) groups is 2. The Morgan fingerprint density at radius 2 is 1.96 bits per heavy atom. The van der Waals surface area contributed by atoms with E-state index in [9.17, 15) is 9.59 Å². The first-order valence-corrected chi connectivity index (χ1v) is 7.95. The molecule has 0 spiro atoms. The van der Waals surface area contributed by atoms with Crippen LogP contribution in [0.4, 0.5) is 11.4 Å². The molecule has 1 heterocycles. The van der Waals surface area contributed by atoms with Gasteiger partial charge in [0.1, 0.15) is 5.75 Å². The molecule has 1 aliphatic rings. The second-order valence-corrected chi connectivity index (χ2v) is 5.70. The van der Waals surface area contributed by atoms with Crippen molar-refractivity contribution in [2.24, 2.45) is 0 Å². The van der Waals surface area contributed by atoms with Crippen molar-refractivity contribution in [2.45, 2.75) is 19.4 Å². The third-order valence-corrected chi connectivity index (χ3v) is 3.94.